The summed E-state index contributed by atoms with van der Waals surface area (Å²) in [7, 11) is -3.57. The van der Waals surface area contributed by atoms with Crippen molar-refractivity contribution in [1.82, 2.24) is 14.5 Å². The Hall–Kier alpha value is -1.31. The molecule has 0 unspecified atom stereocenters. The molecule has 1 aromatic rings. The lowest BCUT2D eigenvalue weighted by atomic mass is 10.2. The number of sulfonamides is 1. The van der Waals surface area contributed by atoms with Crippen molar-refractivity contribution in [2.45, 2.75) is 18.7 Å². The number of carbonyl (C=O) groups excluding carboxylic acids is 1. The van der Waals surface area contributed by atoms with E-state index in [1.807, 2.05) is 13.8 Å². The summed E-state index contributed by atoms with van der Waals surface area (Å²) in [6, 6.07) is 6.09. The van der Waals surface area contributed by atoms with Crippen LogP contribution in [-0.2, 0) is 10.0 Å². The molecule has 8 heteroatoms. The van der Waals surface area contributed by atoms with E-state index in [0.717, 1.165) is 0 Å². The van der Waals surface area contributed by atoms with E-state index in [1.165, 1.54) is 16.4 Å². The fourth-order valence-electron chi connectivity index (χ4n) is 2.31. The molecule has 0 spiro atoms. The largest absolute Gasteiger partial charge is 0.338 e. The second-order valence-corrected chi connectivity index (χ2v) is 8.30. The van der Waals surface area contributed by atoms with E-state index in [-0.39, 0.29) is 24.0 Å². The lowest BCUT2D eigenvalue weighted by Crippen LogP contribution is -2.53. The summed E-state index contributed by atoms with van der Waals surface area (Å²) in [4.78, 5) is 13.8. The number of rotatable bonds is 4. The van der Waals surface area contributed by atoms with E-state index in [1.54, 1.807) is 17.0 Å². The van der Waals surface area contributed by atoms with Crippen LogP contribution in [0.3, 0.4) is 0 Å². The fraction of sp³-hybridized carbons (Fsp3) is 0.533. The molecule has 128 valence electrons. The van der Waals surface area contributed by atoms with Gasteiger partial charge in [0.15, 0.2) is 0 Å². The van der Waals surface area contributed by atoms with Gasteiger partial charge in [-0.3, -0.25) is 0 Å². The lowest BCUT2D eigenvalue weighted by Gasteiger charge is -2.34. The maximum absolute atomic E-state index is 12.6. The molecule has 1 aliphatic heterocycles. The molecular formula is C15H22ClN3O3S. The predicted molar refractivity (Wildman–Crippen MR) is 90.0 cm³/mol. The minimum atomic E-state index is -3.57. The van der Waals surface area contributed by atoms with Crippen LogP contribution < -0.4 is 5.32 Å². The average molecular weight is 360 g/mol. The molecule has 1 saturated heterocycles. The first-order chi connectivity index (χ1) is 10.8. The highest BCUT2D eigenvalue weighted by atomic mass is 35.5. The van der Waals surface area contributed by atoms with Gasteiger partial charge in [0.05, 0.1) is 4.90 Å². The van der Waals surface area contributed by atoms with Crippen LogP contribution in [0.1, 0.15) is 13.8 Å². The quantitative estimate of drug-likeness (QED) is 0.894. The van der Waals surface area contributed by atoms with E-state index in [9.17, 15) is 13.2 Å². The zero-order valence-electron chi connectivity index (χ0n) is 13.3. The highest BCUT2D eigenvalue weighted by molar-refractivity contribution is 7.89. The molecule has 6 nitrogen and oxygen atoms in total. The highest BCUT2D eigenvalue weighted by Gasteiger charge is 2.30. The smallest absolute Gasteiger partial charge is 0.317 e. The Balaban J connectivity index is 1.97. The van der Waals surface area contributed by atoms with Crippen molar-refractivity contribution >= 4 is 27.7 Å². The van der Waals surface area contributed by atoms with Gasteiger partial charge in [0.25, 0.3) is 0 Å². The van der Waals surface area contributed by atoms with Gasteiger partial charge in [-0.1, -0.05) is 31.5 Å². The number of benzene rings is 1. The van der Waals surface area contributed by atoms with Crippen molar-refractivity contribution in [2.75, 3.05) is 32.7 Å². The summed E-state index contributed by atoms with van der Waals surface area (Å²) < 4.78 is 26.6. The molecule has 0 aliphatic carbocycles. The van der Waals surface area contributed by atoms with E-state index >= 15 is 0 Å². The third kappa shape index (κ3) is 4.59. The molecule has 2 amide bonds. The number of urea groups is 1. The molecule has 0 radical (unpaired) electrons. The zero-order valence-corrected chi connectivity index (χ0v) is 14.9. The van der Waals surface area contributed by atoms with Crippen molar-refractivity contribution in [3.63, 3.8) is 0 Å². The van der Waals surface area contributed by atoms with Crippen molar-refractivity contribution in [3.8, 4) is 0 Å². The van der Waals surface area contributed by atoms with Gasteiger partial charge in [-0.25, -0.2) is 13.2 Å². The van der Waals surface area contributed by atoms with Gasteiger partial charge in [0, 0.05) is 37.7 Å². The highest BCUT2D eigenvalue weighted by Crippen LogP contribution is 2.20. The number of halogens is 1. The Morgan fingerprint density at radius 3 is 2.48 bits per heavy atom. The normalized spacial score (nSPS) is 16.6. The number of hydrogen-bond acceptors (Lipinski definition) is 3. The SMILES string of the molecule is CC(C)CNC(=O)N1CCN(S(=O)(=O)c2cccc(Cl)c2)CC1. The summed E-state index contributed by atoms with van der Waals surface area (Å²) in [5, 5.41) is 3.23. The minimum Gasteiger partial charge on any atom is -0.338 e. The number of nitrogens with zero attached hydrogens (tertiary/aromatic N) is 2. The van der Waals surface area contributed by atoms with Crippen LogP contribution in [0, 0.1) is 5.92 Å². The van der Waals surface area contributed by atoms with Crippen LogP contribution in [-0.4, -0.2) is 56.4 Å². The first-order valence-corrected chi connectivity index (χ1v) is 9.41. The number of nitrogens with one attached hydrogen (secondary N) is 1. The standard InChI is InChI=1S/C15H22ClN3O3S/c1-12(2)11-17-15(20)18-6-8-19(9-7-18)23(21,22)14-5-3-4-13(16)10-14/h3-5,10,12H,6-9,11H2,1-2H3,(H,17,20). The molecule has 23 heavy (non-hydrogen) atoms. The molecule has 1 fully saturated rings. The van der Waals surface area contributed by atoms with Crippen molar-refractivity contribution in [3.05, 3.63) is 29.3 Å². The van der Waals surface area contributed by atoms with E-state index in [0.29, 0.717) is 30.6 Å². The van der Waals surface area contributed by atoms with Crippen LogP contribution in [0.25, 0.3) is 0 Å². The topological polar surface area (TPSA) is 69.7 Å². The predicted octanol–water partition coefficient (Wildman–Crippen LogP) is 2.01. The Bertz CT molecular complexity index is 656. The lowest BCUT2D eigenvalue weighted by molar-refractivity contribution is 0.171. The second-order valence-electron chi connectivity index (χ2n) is 5.93. The van der Waals surface area contributed by atoms with Gasteiger partial charge in [0.2, 0.25) is 10.0 Å². The summed E-state index contributed by atoms with van der Waals surface area (Å²) in [6.07, 6.45) is 0. The van der Waals surface area contributed by atoms with Gasteiger partial charge in [0.1, 0.15) is 0 Å². The fourth-order valence-corrected chi connectivity index (χ4v) is 4.03. The Kier molecular flexibility index (Phi) is 5.89. The molecular weight excluding hydrogens is 338 g/mol. The van der Waals surface area contributed by atoms with Gasteiger partial charge in [-0.15, -0.1) is 0 Å². The van der Waals surface area contributed by atoms with Gasteiger partial charge in [-0.2, -0.15) is 4.31 Å². The second kappa shape index (κ2) is 7.51. The van der Waals surface area contributed by atoms with Gasteiger partial charge in [-0.05, 0) is 24.1 Å². The Labute approximate surface area is 142 Å². The summed E-state index contributed by atoms with van der Waals surface area (Å²) in [5.74, 6) is 0.378. The molecule has 2 rings (SSSR count). The van der Waals surface area contributed by atoms with Crippen molar-refractivity contribution in [2.24, 2.45) is 5.92 Å². The zero-order chi connectivity index (χ0) is 17.0. The summed E-state index contributed by atoms with van der Waals surface area (Å²) in [6.45, 7) is 5.98. The van der Waals surface area contributed by atoms with Crippen molar-refractivity contribution < 1.29 is 13.2 Å². The molecule has 1 N–H and O–H groups in total. The van der Waals surface area contributed by atoms with Gasteiger partial charge >= 0.3 is 6.03 Å². The maximum atomic E-state index is 12.6. The minimum absolute atomic E-state index is 0.140. The number of amides is 2. The van der Waals surface area contributed by atoms with Crippen LogP contribution in [0.2, 0.25) is 5.02 Å². The monoisotopic (exact) mass is 359 g/mol. The molecule has 0 bridgehead atoms. The maximum Gasteiger partial charge on any atom is 0.317 e. The summed E-state index contributed by atoms with van der Waals surface area (Å²) in [5.41, 5.74) is 0. The molecule has 0 saturated carbocycles. The van der Waals surface area contributed by atoms with Gasteiger partial charge < -0.3 is 10.2 Å². The van der Waals surface area contributed by atoms with Crippen LogP contribution in [0.4, 0.5) is 4.79 Å². The first kappa shape index (κ1) is 18.0. The van der Waals surface area contributed by atoms with E-state index in [2.05, 4.69) is 5.32 Å². The third-order valence-corrected chi connectivity index (χ3v) is 5.75. The average Bonchev–Trinajstić information content (AvgIpc) is 2.52. The third-order valence-electron chi connectivity index (χ3n) is 3.62. The Morgan fingerprint density at radius 1 is 1.26 bits per heavy atom. The van der Waals surface area contributed by atoms with Crippen LogP contribution in [0.5, 0.6) is 0 Å². The molecule has 0 atom stereocenters. The molecule has 0 aromatic heterocycles. The Morgan fingerprint density at radius 2 is 1.91 bits per heavy atom. The van der Waals surface area contributed by atoms with E-state index < -0.39 is 10.0 Å². The first-order valence-electron chi connectivity index (χ1n) is 7.59. The molecule has 1 aromatic carbocycles. The number of hydrogen-bond donors (Lipinski definition) is 1. The van der Waals surface area contributed by atoms with Crippen LogP contribution >= 0.6 is 11.6 Å². The number of carbonyl (C=O) groups is 1. The number of piperazine rings is 1. The molecule has 1 heterocycles. The van der Waals surface area contributed by atoms with Crippen molar-refractivity contribution in [1.29, 1.82) is 0 Å². The summed E-state index contributed by atoms with van der Waals surface area (Å²) >= 11 is 5.87. The van der Waals surface area contributed by atoms with Crippen LogP contribution in [0.15, 0.2) is 29.2 Å². The van der Waals surface area contributed by atoms with E-state index in [4.69, 9.17) is 11.6 Å². The molecule has 1 aliphatic rings.